The smallest absolute Gasteiger partial charge is 0.242 e. The van der Waals surface area contributed by atoms with Gasteiger partial charge >= 0.3 is 0 Å². The second-order valence-corrected chi connectivity index (χ2v) is 7.83. The molecule has 0 saturated carbocycles. The molecule has 0 radical (unpaired) electrons. The van der Waals surface area contributed by atoms with E-state index in [4.69, 9.17) is 4.74 Å². The predicted octanol–water partition coefficient (Wildman–Crippen LogP) is 1.63. The zero-order valence-electron chi connectivity index (χ0n) is 16.1. The van der Waals surface area contributed by atoms with Crippen LogP contribution in [0, 0.1) is 6.92 Å². The molecule has 1 aromatic carbocycles. The molecule has 4 rings (SSSR count). The Hall–Kier alpha value is -2.18. The highest BCUT2D eigenvalue weighted by Crippen LogP contribution is 2.30. The number of nitrogens with zero attached hydrogens (tertiary/aromatic N) is 3. The van der Waals surface area contributed by atoms with E-state index in [1.807, 2.05) is 40.7 Å². The van der Waals surface area contributed by atoms with Crippen LogP contribution < -0.4 is 5.43 Å². The highest BCUT2D eigenvalue weighted by molar-refractivity contribution is 5.82. The molecule has 2 saturated heterocycles. The number of para-hydroxylation sites is 1. The number of rotatable bonds is 2. The first-order valence-electron chi connectivity index (χ1n) is 9.66. The molecule has 27 heavy (non-hydrogen) atoms. The predicted molar refractivity (Wildman–Crippen MR) is 105 cm³/mol. The largest absolute Gasteiger partial charge is 0.381 e. The van der Waals surface area contributed by atoms with Crippen molar-refractivity contribution < 1.29 is 9.53 Å². The fourth-order valence-electron chi connectivity index (χ4n) is 4.46. The van der Waals surface area contributed by atoms with Gasteiger partial charge in [0.05, 0.1) is 5.52 Å². The number of carbonyl (C=O) groups excluding carboxylic acids is 1. The van der Waals surface area contributed by atoms with E-state index in [-0.39, 0.29) is 23.4 Å². The number of aryl methyl sites for hydroxylation is 1. The van der Waals surface area contributed by atoms with Crippen molar-refractivity contribution in [3.05, 3.63) is 46.2 Å². The SMILES string of the molecule is Cc1cc(=O)c2ccccc2n1CC(=O)N1CCN(C)C2(CCOCC2)C1. The van der Waals surface area contributed by atoms with Crippen LogP contribution in [0.4, 0.5) is 0 Å². The van der Waals surface area contributed by atoms with Gasteiger partial charge in [-0.3, -0.25) is 14.5 Å². The summed E-state index contributed by atoms with van der Waals surface area (Å²) in [5, 5.41) is 0.662. The number of carbonyl (C=O) groups is 1. The van der Waals surface area contributed by atoms with Crippen LogP contribution >= 0.6 is 0 Å². The van der Waals surface area contributed by atoms with Crippen molar-refractivity contribution in [2.45, 2.75) is 31.8 Å². The van der Waals surface area contributed by atoms with Crippen molar-refractivity contribution in [1.29, 1.82) is 0 Å². The van der Waals surface area contributed by atoms with Crippen molar-refractivity contribution in [2.75, 3.05) is 39.9 Å². The lowest BCUT2D eigenvalue weighted by Crippen LogP contribution is -2.64. The summed E-state index contributed by atoms with van der Waals surface area (Å²) in [6, 6.07) is 9.14. The molecule has 2 aromatic rings. The van der Waals surface area contributed by atoms with Gasteiger partial charge in [0.1, 0.15) is 6.54 Å². The Kier molecular flexibility index (Phi) is 4.78. The summed E-state index contributed by atoms with van der Waals surface area (Å²) in [6.07, 6.45) is 1.93. The van der Waals surface area contributed by atoms with Crippen molar-refractivity contribution in [1.82, 2.24) is 14.4 Å². The topological polar surface area (TPSA) is 54.8 Å². The van der Waals surface area contributed by atoms with Crippen molar-refractivity contribution in [3.63, 3.8) is 0 Å². The molecular weight excluding hydrogens is 342 g/mol. The van der Waals surface area contributed by atoms with E-state index in [2.05, 4.69) is 11.9 Å². The molecule has 2 aliphatic rings. The van der Waals surface area contributed by atoms with Gasteiger partial charge in [0.25, 0.3) is 0 Å². The molecule has 2 aliphatic heterocycles. The molecule has 3 heterocycles. The summed E-state index contributed by atoms with van der Waals surface area (Å²) in [5.74, 6) is 0.117. The quantitative estimate of drug-likeness (QED) is 0.808. The standard InChI is InChI=1S/C21H27N3O3/c1-16-13-19(25)17-5-3-4-6-18(17)24(16)14-20(26)23-10-9-22(2)21(15-23)7-11-27-12-8-21/h3-6,13H,7-12,14-15H2,1-2H3. The number of piperazine rings is 1. The zero-order chi connectivity index (χ0) is 19.0. The van der Waals surface area contributed by atoms with Gasteiger partial charge in [0.15, 0.2) is 5.43 Å². The van der Waals surface area contributed by atoms with Crippen LogP contribution in [0.1, 0.15) is 18.5 Å². The van der Waals surface area contributed by atoms with Crippen LogP contribution in [-0.4, -0.2) is 65.7 Å². The molecule has 144 valence electrons. The third-order valence-electron chi connectivity index (χ3n) is 6.30. The fraction of sp³-hybridized carbons (Fsp3) is 0.524. The lowest BCUT2D eigenvalue weighted by Gasteiger charge is -2.51. The maximum absolute atomic E-state index is 13.2. The summed E-state index contributed by atoms with van der Waals surface area (Å²) in [5.41, 5.74) is 1.69. The van der Waals surface area contributed by atoms with E-state index in [1.54, 1.807) is 6.07 Å². The Morgan fingerprint density at radius 1 is 1.19 bits per heavy atom. The summed E-state index contributed by atoms with van der Waals surface area (Å²) >= 11 is 0. The zero-order valence-corrected chi connectivity index (χ0v) is 16.1. The summed E-state index contributed by atoms with van der Waals surface area (Å²) in [4.78, 5) is 29.8. The lowest BCUT2D eigenvalue weighted by molar-refractivity contribution is -0.140. The minimum atomic E-state index is 0.00700. The fourth-order valence-corrected chi connectivity index (χ4v) is 4.46. The van der Waals surface area contributed by atoms with E-state index in [1.165, 1.54) is 0 Å². The van der Waals surface area contributed by atoms with E-state index in [0.717, 1.165) is 56.9 Å². The van der Waals surface area contributed by atoms with Gasteiger partial charge in [-0.1, -0.05) is 12.1 Å². The molecule has 1 spiro atoms. The van der Waals surface area contributed by atoms with Gasteiger partial charge in [-0.05, 0) is 38.9 Å². The lowest BCUT2D eigenvalue weighted by atomic mass is 9.86. The number of pyridine rings is 1. The molecule has 0 aliphatic carbocycles. The van der Waals surface area contributed by atoms with Crippen LogP contribution in [0.5, 0.6) is 0 Å². The number of aromatic nitrogens is 1. The van der Waals surface area contributed by atoms with Gasteiger partial charge < -0.3 is 14.2 Å². The Balaban J connectivity index is 1.60. The number of fused-ring (bicyclic) bond motifs is 1. The second-order valence-electron chi connectivity index (χ2n) is 7.83. The van der Waals surface area contributed by atoms with Crippen LogP contribution in [0.25, 0.3) is 10.9 Å². The molecule has 0 bridgehead atoms. The Morgan fingerprint density at radius 2 is 1.93 bits per heavy atom. The van der Waals surface area contributed by atoms with Gasteiger partial charge in [-0.2, -0.15) is 0 Å². The average molecular weight is 369 g/mol. The number of ether oxygens (including phenoxy) is 1. The molecule has 6 nitrogen and oxygen atoms in total. The van der Waals surface area contributed by atoms with E-state index < -0.39 is 0 Å². The van der Waals surface area contributed by atoms with E-state index >= 15 is 0 Å². The minimum Gasteiger partial charge on any atom is -0.381 e. The summed E-state index contributed by atoms with van der Waals surface area (Å²) < 4.78 is 7.51. The van der Waals surface area contributed by atoms with Crippen LogP contribution in [-0.2, 0) is 16.1 Å². The number of hydrogen-bond acceptors (Lipinski definition) is 4. The third kappa shape index (κ3) is 3.28. The maximum Gasteiger partial charge on any atom is 0.242 e. The molecule has 1 amide bonds. The number of benzene rings is 1. The first kappa shape index (κ1) is 18.2. The van der Waals surface area contributed by atoms with Crippen molar-refractivity contribution in [3.8, 4) is 0 Å². The normalized spacial score (nSPS) is 20.3. The Morgan fingerprint density at radius 3 is 2.70 bits per heavy atom. The van der Waals surface area contributed by atoms with E-state index in [9.17, 15) is 9.59 Å². The average Bonchev–Trinajstić information content (AvgIpc) is 2.68. The molecular formula is C21H27N3O3. The summed E-state index contributed by atoms with van der Waals surface area (Å²) in [6.45, 7) is 6.06. The summed E-state index contributed by atoms with van der Waals surface area (Å²) in [7, 11) is 2.16. The second kappa shape index (κ2) is 7.09. The van der Waals surface area contributed by atoms with Gasteiger partial charge in [-0.25, -0.2) is 0 Å². The maximum atomic E-state index is 13.2. The molecule has 2 fully saturated rings. The molecule has 1 aromatic heterocycles. The highest BCUT2D eigenvalue weighted by atomic mass is 16.5. The first-order chi connectivity index (χ1) is 13.0. The molecule has 0 N–H and O–H groups in total. The monoisotopic (exact) mass is 369 g/mol. The Bertz CT molecular complexity index is 915. The van der Waals surface area contributed by atoms with Gasteiger partial charge in [-0.15, -0.1) is 0 Å². The van der Waals surface area contributed by atoms with Gasteiger partial charge in [0, 0.05) is 55.5 Å². The van der Waals surface area contributed by atoms with Gasteiger partial charge in [0.2, 0.25) is 5.91 Å². The van der Waals surface area contributed by atoms with Crippen molar-refractivity contribution >= 4 is 16.8 Å². The first-order valence-corrected chi connectivity index (χ1v) is 9.66. The highest BCUT2D eigenvalue weighted by Gasteiger charge is 2.42. The molecule has 6 heteroatoms. The van der Waals surface area contributed by atoms with Crippen LogP contribution in [0.15, 0.2) is 35.1 Å². The minimum absolute atomic E-state index is 0.00700. The Labute approximate surface area is 159 Å². The van der Waals surface area contributed by atoms with Crippen LogP contribution in [0.2, 0.25) is 0 Å². The third-order valence-corrected chi connectivity index (χ3v) is 6.30. The molecule has 0 atom stereocenters. The number of amides is 1. The molecule has 0 unspecified atom stereocenters. The van der Waals surface area contributed by atoms with Crippen LogP contribution in [0.3, 0.4) is 0 Å². The number of likely N-dealkylation sites (N-methyl/N-ethyl adjacent to an activating group) is 1. The van der Waals surface area contributed by atoms with Crippen molar-refractivity contribution in [2.24, 2.45) is 0 Å². The van der Waals surface area contributed by atoms with E-state index in [0.29, 0.717) is 5.39 Å². The number of hydrogen-bond donors (Lipinski definition) is 0.